The van der Waals surface area contributed by atoms with Gasteiger partial charge in [0.2, 0.25) is 0 Å². The maximum atomic E-state index is 12.3. The fourth-order valence-electron chi connectivity index (χ4n) is 3.61. The Hall–Kier alpha value is -2.32. The van der Waals surface area contributed by atoms with Gasteiger partial charge in [-0.3, -0.25) is 9.69 Å². The fourth-order valence-corrected chi connectivity index (χ4v) is 3.61. The molecule has 0 spiro atoms. The number of esters is 1. The molecule has 0 saturated carbocycles. The van der Waals surface area contributed by atoms with E-state index in [0.717, 1.165) is 31.5 Å². The minimum absolute atomic E-state index is 0.158. The molecule has 1 amide bonds. The van der Waals surface area contributed by atoms with Gasteiger partial charge in [-0.2, -0.15) is 0 Å². The van der Waals surface area contributed by atoms with Gasteiger partial charge in [0.25, 0.3) is 6.29 Å². The number of nitrogens with two attached hydrogens (primary N) is 1. The summed E-state index contributed by atoms with van der Waals surface area (Å²) in [5.41, 5.74) is 6.68. The van der Waals surface area contributed by atoms with Crippen LogP contribution in [0.15, 0.2) is 24.3 Å². The third-order valence-electron chi connectivity index (χ3n) is 5.39. The Morgan fingerprint density at radius 2 is 2.00 bits per heavy atom. The number of carbonyl (C=O) groups is 2. The zero-order chi connectivity index (χ0) is 20.1. The minimum Gasteiger partial charge on any atom is -0.468 e. The van der Waals surface area contributed by atoms with E-state index in [-0.39, 0.29) is 12.1 Å². The number of benzene rings is 1. The lowest BCUT2D eigenvalue weighted by molar-refractivity contribution is -0.142. The second-order valence-electron chi connectivity index (χ2n) is 7.43. The Morgan fingerprint density at radius 3 is 2.64 bits per heavy atom. The van der Waals surface area contributed by atoms with Gasteiger partial charge >= 0.3 is 12.1 Å². The number of hydrogen-bond donors (Lipinski definition) is 2. The van der Waals surface area contributed by atoms with Gasteiger partial charge < -0.3 is 25.3 Å². The smallest absolute Gasteiger partial charge is 0.413 e. The second kappa shape index (κ2) is 9.25. The molecule has 0 radical (unpaired) electrons. The summed E-state index contributed by atoms with van der Waals surface area (Å²) in [6.07, 6.45) is 1.55. The summed E-state index contributed by atoms with van der Waals surface area (Å²) >= 11 is 0. The van der Waals surface area contributed by atoms with Crippen molar-refractivity contribution in [3.63, 3.8) is 0 Å². The van der Waals surface area contributed by atoms with Gasteiger partial charge in [-0.15, -0.1) is 0 Å². The van der Waals surface area contributed by atoms with Gasteiger partial charge in [-0.1, -0.05) is 12.1 Å². The molecule has 28 heavy (non-hydrogen) atoms. The van der Waals surface area contributed by atoms with E-state index < -0.39 is 18.3 Å². The quantitative estimate of drug-likeness (QED) is 0.675. The summed E-state index contributed by atoms with van der Waals surface area (Å²) in [6.45, 7) is 4.63. The highest BCUT2D eigenvalue weighted by Crippen LogP contribution is 2.26. The number of piperidine rings is 1. The van der Waals surface area contributed by atoms with Gasteiger partial charge in [0.05, 0.1) is 7.11 Å². The van der Waals surface area contributed by atoms with Crippen LogP contribution in [0.1, 0.15) is 25.3 Å². The van der Waals surface area contributed by atoms with Gasteiger partial charge in [-0.05, 0) is 62.9 Å². The van der Waals surface area contributed by atoms with Crippen LogP contribution < -0.4 is 15.8 Å². The monoisotopic (exact) mass is 391 g/mol. The van der Waals surface area contributed by atoms with Gasteiger partial charge in [0.1, 0.15) is 17.8 Å². The summed E-state index contributed by atoms with van der Waals surface area (Å²) in [4.78, 5) is 25.5. The summed E-state index contributed by atoms with van der Waals surface area (Å²) in [5.74, 6) is 0.651. The highest BCUT2D eigenvalue weighted by molar-refractivity contribution is 5.75. The molecular weight excluding hydrogens is 362 g/mol. The van der Waals surface area contributed by atoms with E-state index in [1.165, 1.54) is 7.11 Å². The summed E-state index contributed by atoms with van der Waals surface area (Å²) < 4.78 is 16.0. The molecule has 2 heterocycles. The van der Waals surface area contributed by atoms with Gasteiger partial charge in [0.15, 0.2) is 0 Å². The summed E-state index contributed by atoms with van der Waals surface area (Å²) in [6, 6.07) is 6.40. The van der Waals surface area contributed by atoms with Crippen molar-refractivity contribution in [2.24, 2.45) is 11.7 Å². The third kappa shape index (κ3) is 4.94. The van der Waals surface area contributed by atoms with Crippen LogP contribution in [0, 0.1) is 5.92 Å². The number of methoxy groups -OCH3 is 1. The molecule has 154 valence electrons. The average molecular weight is 391 g/mol. The first-order valence-electron chi connectivity index (χ1n) is 9.75. The molecule has 8 heteroatoms. The first-order chi connectivity index (χ1) is 13.5. The van der Waals surface area contributed by atoms with Crippen molar-refractivity contribution in [3.05, 3.63) is 29.8 Å². The topological polar surface area (TPSA) is 103 Å². The Labute approximate surface area is 165 Å². The number of nitrogens with one attached hydrogen (secondary N) is 1. The standard InChI is InChI=1S/C20H29N3O5/c1-13-19(28-20(25)23(13)12-15-7-9-22-10-8-15)27-16-5-3-14(4-6-16)11-17(21)18(24)26-2/h3-6,13,15,17,19,22H,7-12,21H2,1-2H3. The summed E-state index contributed by atoms with van der Waals surface area (Å²) in [7, 11) is 1.32. The molecule has 1 aromatic rings. The lowest BCUT2D eigenvalue weighted by Gasteiger charge is -2.28. The normalized spacial score (nSPS) is 24.0. The minimum atomic E-state index is -0.698. The molecule has 2 aliphatic rings. The van der Waals surface area contributed by atoms with E-state index in [4.69, 9.17) is 15.2 Å². The van der Waals surface area contributed by atoms with Crippen LogP contribution in [0.2, 0.25) is 0 Å². The molecule has 0 aliphatic carbocycles. The number of cyclic esters (lactones) is 1. The predicted molar refractivity (Wildman–Crippen MR) is 103 cm³/mol. The molecule has 2 fully saturated rings. The molecule has 0 aromatic heterocycles. The second-order valence-corrected chi connectivity index (χ2v) is 7.43. The van der Waals surface area contributed by atoms with E-state index >= 15 is 0 Å². The van der Waals surface area contributed by atoms with Crippen LogP contribution >= 0.6 is 0 Å². The molecular formula is C20H29N3O5. The third-order valence-corrected chi connectivity index (χ3v) is 5.39. The average Bonchev–Trinajstić information content (AvgIpc) is 2.97. The molecule has 8 nitrogen and oxygen atoms in total. The van der Waals surface area contributed by atoms with Crippen molar-refractivity contribution in [1.29, 1.82) is 0 Å². The molecule has 3 rings (SSSR count). The highest BCUT2D eigenvalue weighted by Gasteiger charge is 2.41. The van der Waals surface area contributed by atoms with E-state index in [1.807, 2.05) is 19.1 Å². The van der Waals surface area contributed by atoms with Crippen molar-refractivity contribution < 1.29 is 23.8 Å². The number of carbonyl (C=O) groups excluding carboxylic acids is 2. The van der Waals surface area contributed by atoms with Crippen molar-refractivity contribution in [2.75, 3.05) is 26.7 Å². The van der Waals surface area contributed by atoms with E-state index in [9.17, 15) is 9.59 Å². The summed E-state index contributed by atoms with van der Waals surface area (Å²) in [5, 5.41) is 3.34. The first kappa shape index (κ1) is 20.4. The van der Waals surface area contributed by atoms with Crippen LogP contribution in [-0.4, -0.2) is 62.1 Å². The maximum absolute atomic E-state index is 12.3. The SMILES string of the molecule is COC(=O)C(N)Cc1ccc(OC2OC(=O)N(CC3CCNCC3)C2C)cc1. The number of rotatable bonds is 7. The number of ether oxygens (including phenoxy) is 3. The Morgan fingerprint density at radius 1 is 1.32 bits per heavy atom. The lowest BCUT2D eigenvalue weighted by atomic mass is 9.97. The maximum Gasteiger partial charge on any atom is 0.413 e. The van der Waals surface area contributed by atoms with Crippen molar-refractivity contribution in [2.45, 2.75) is 44.6 Å². The van der Waals surface area contributed by atoms with E-state index in [2.05, 4.69) is 10.1 Å². The molecule has 3 unspecified atom stereocenters. The van der Waals surface area contributed by atoms with Crippen LogP contribution in [0.5, 0.6) is 5.75 Å². The molecule has 3 atom stereocenters. The number of nitrogens with zero attached hydrogens (tertiary/aromatic N) is 1. The molecule has 0 bridgehead atoms. The van der Waals surface area contributed by atoms with Crippen molar-refractivity contribution in [3.8, 4) is 5.75 Å². The lowest BCUT2D eigenvalue weighted by Crippen LogP contribution is -2.41. The van der Waals surface area contributed by atoms with E-state index in [1.54, 1.807) is 17.0 Å². The highest BCUT2D eigenvalue weighted by atomic mass is 16.7. The first-order valence-corrected chi connectivity index (χ1v) is 9.75. The number of hydrogen-bond acceptors (Lipinski definition) is 7. The zero-order valence-corrected chi connectivity index (χ0v) is 16.4. The van der Waals surface area contributed by atoms with Gasteiger partial charge in [-0.25, -0.2) is 4.79 Å². The van der Waals surface area contributed by atoms with Crippen LogP contribution in [0.25, 0.3) is 0 Å². The van der Waals surface area contributed by atoms with Crippen LogP contribution in [0.4, 0.5) is 4.79 Å². The van der Waals surface area contributed by atoms with Crippen LogP contribution in [-0.2, 0) is 20.7 Å². The molecule has 1 aromatic carbocycles. The zero-order valence-electron chi connectivity index (χ0n) is 16.4. The predicted octanol–water partition coefficient (Wildman–Crippen LogP) is 1.27. The Balaban J connectivity index is 1.54. The fraction of sp³-hybridized carbons (Fsp3) is 0.600. The number of amides is 1. The van der Waals surface area contributed by atoms with Crippen molar-refractivity contribution >= 4 is 12.1 Å². The Kier molecular flexibility index (Phi) is 6.74. The van der Waals surface area contributed by atoms with Crippen molar-refractivity contribution in [1.82, 2.24) is 10.2 Å². The van der Waals surface area contributed by atoms with E-state index in [0.29, 0.717) is 24.6 Å². The molecule has 2 saturated heterocycles. The van der Waals surface area contributed by atoms with Crippen LogP contribution in [0.3, 0.4) is 0 Å². The largest absolute Gasteiger partial charge is 0.468 e. The molecule has 2 aliphatic heterocycles. The Bertz CT molecular complexity index is 675. The molecule has 3 N–H and O–H groups in total. The van der Waals surface area contributed by atoms with Gasteiger partial charge in [0, 0.05) is 6.54 Å².